The second-order valence-corrected chi connectivity index (χ2v) is 5.63. The van der Waals surface area contributed by atoms with Gasteiger partial charge in [0.1, 0.15) is 0 Å². The van der Waals surface area contributed by atoms with Crippen LogP contribution < -0.4 is 0 Å². The van der Waals surface area contributed by atoms with E-state index >= 15 is 0 Å². The van der Waals surface area contributed by atoms with Gasteiger partial charge < -0.3 is 5.11 Å². The zero-order chi connectivity index (χ0) is 13.8. The number of fused-ring (bicyclic) bond motifs is 1. The summed E-state index contributed by atoms with van der Waals surface area (Å²) in [7, 11) is 0. The SMILES string of the molecule is O=C(O)C1CC2CC1(c1ccc(C(F)(F)F)cc1)C2. The predicted molar refractivity (Wildman–Crippen MR) is 61.6 cm³/mol. The normalized spacial score (nSPS) is 33.0. The highest BCUT2D eigenvalue weighted by atomic mass is 19.4. The first-order valence-electron chi connectivity index (χ1n) is 6.23. The van der Waals surface area contributed by atoms with E-state index in [-0.39, 0.29) is 0 Å². The van der Waals surface area contributed by atoms with E-state index in [1.807, 2.05) is 0 Å². The zero-order valence-electron chi connectivity index (χ0n) is 10.1. The van der Waals surface area contributed by atoms with Crippen molar-refractivity contribution in [1.29, 1.82) is 0 Å². The molecule has 4 rings (SSSR count). The number of alkyl halides is 3. The summed E-state index contributed by atoms with van der Waals surface area (Å²) in [5, 5.41) is 9.24. The third-order valence-electron chi connectivity index (χ3n) is 4.63. The monoisotopic (exact) mass is 270 g/mol. The third-order valence-corrected chi connectivity index (χ3v) is 4.63. The van der Waals surface area contributed by atoms with Gasteiger partial charge in [-0.2, -0.15) is 13.2 Å². The molecule has 19 heavy (non-hydrogen) atoms. The van der Waals surface area contributed by atoms with E-state index in [1.54, 1.807) is 0 Å². The third kappa shape index (κ3) is 1.75. The molecule has 102 valence electrons. The lowest BCUT2D eigenvalue weighted by molar-refractivity contribution is -0.143. The molecule has 1 aromatic carbocycles. The molecule has 0 saturated heterocycles. The molecule has 1 aromatic rings. The Hall–Kier alpha value is -1.52. The van der Waals surface area contributed by atoms with E-state index < -0.39 is 29.0 Å². The van der Waals surface area contributed by atoms with Gasteiger partial charge in [0.15, 0.2) is 0 Å². The van der Waals surface area contributed by atoms with Crippen LogP contribution >= 0.6 is 0 Å². The van der Waals surface area contributed by atoms with Crippen molar-refractivity contribution in [1.82, 2.24) is 0 Å². The van der Waals surface area contributed by atoms with E-state index in [0.29, 0.717) is 12.3 Å². The Morgan fingerprint density at radius 2 is 1.79 bits per heavy atom. The van der Waals surface area contributed by atoms with E-state index in [1.165, 1.54) is 12.1 Å². The van der Waals surface area contributed by atoms with Crippen LogP contribution in [0.15, 0.2) is 24.3 Å². The average Bonchev–Trinajstić information content (AvgIpc) is 2.83. The Kier molecular flexibility index (Phi) is 2.46. The topological polar surface area (TPSA) is 37.3 Å². The fraction of sp³-hybridized carbons (Fsp3) is 0.500. The molecule has 3 saturated carbocycles. The lowest BCUT2D eigenvalue weighted by Gasteiger charge is -2.41. The Balaban J connectivity index is 1.93. The molecule has 0 heterocycles. The quantitative estimate of drug-likeness (QED) is 0.893. The molecule has 1 N–H and O–H groups in total. The number of hydrogen-bond donors (Lipinski definition) is 1. The van der Waals surface area contributed by atoms with Gasteiger partial charge in [0, 0.05) is 5.41 Å². The standard InChI is InChI=1S/C14H13F3O2/c15-14(16,17)10-3-1-9(2-4-10)13-6-8(7-13)5-11(13)12(18)19/h1-4,8,11H,5-7H2,(H,18,19). The average molecular weight is 270 g/mol. The van der Waals surface area contributed by atoms with Crippen molar-refractivity contribution in [2.24, 2.45) is 11.8 Å². The van der Waals surface area contributed by atoms with Crippen LogP contribution in [0.2, 0.25) is 0 Å². The molecule has 3 fully saturated rings. The minimum absolute atomic E-state index is 0.420. The maximum absolute atomic E-state index is 12.5. The Labute approximate surface area is 108 Å². The van der Waals surface area contributed by atoms with E-state index in [0.717, 1.165) is 30.5 Å². The predicted octanol–water partition coefficient (Wildman–Crippen LogP) is 3.46. The van der Waals surface area contributed by atoms with Crippen LogP contribution in [0.5, 0.6) is 0 Å². The number of aliphatic carboxylic acids is 1. The summed E-state index contributed by atoms with van der Waals surface area (Å²) < 4.78 is 37.5. The van der Waals surface area contributed by atoms with Crippen LogP contribution in [-0.2, 0) is 16.4 Å². The molecular weight excluding hydrogens is 257 g/mol. The first-order valence-corrected chi connectivity index (χ1v) is 6.23. The Morgan fingerprint density at radius 3 is 2.26 bits per heavy atom. The number of carboxylic acids is 1. The van der Waals surface area contributed by atoms with Crippen molar-refractivity contribution >= 4 is 5.97 Å². The van der Waals surface area contributed by atoms with Crippen LogP contribution in [-0.4, -0.2) is 11.1 Å². The Morgan fingerprint density at radius 1 is 1.21 bits per heavy atom. The number of benzene rings is 1. The number of hydrogen-bond acceptors (Lipinski definition) is 1. The van der Waals surface area contributed by atoms with Crippen LogP contribution in [0.3, 0.4) is 0 Å². The highest BCUT2D eigenvalue weighted by Gasteiger charge is 2.60. The van der Waals surface area contributed by atoms with Gasteiger partial charge in [0.05, 0.1) is 11.5 Å². The first kappa shape index (κ1) is 12.5. The van der Waals surface area contributed by atoms with Gasteiger partial charge in [0.25, 0.3) is 0 Å². The minimum atomic E-state index is -4.35. The molecule has 2 bridgehead atoms. The molecule has 0 radical (unpaired) electrons. The second kappa shape index (κ2) is 3.74. The lowest BCUT2D eigenvalue weighted by atomic mass is 9.62. The van der Waals surface area contributed by atoms with Crippen molar-refractivity contribution in [2.75, 3.05) is 0 Å². The first-order chi connectivity index (χ1) is 8.83. The summed E-state index contributed by atoms with van der Waals surface area (Å²) in [4.78, 5) is 11.3. The molecule has 0 aliphatic heterocycles. The van der Waals surface area contributed by atoms with E-state index in [4.69, 9.17) is 0 Å². The molecule has 0 amide bonds. The van der Waals surface area contributed by atoms with Gasteiger partial charge in [-0.15, -0.1) is 0 Å². The van der Waals surface area contributed by atoms with Crippen molar-refractivity contribution in [3.8, 4) is 0 Å². The van der Waals surface area contributed by atoms with Crippen LogP contribution in [0.25, 0.3) is 0 Å². The molecule has 1 atom stereocenters. The number of halogens is 3. The summed E-state index contributed by atoms with van der Waals surface area (Å²) in [5.74, 6) is -0.863. The summed E-state index contributed by atoms with van der Waals surface area (Å²) >= 11 is 0. The van der Waals surface area contributed by atoms with Gasteiger partial charge >= 0.3 is 12.1 Å². The summed E-state index contributed by atoms with van der Waals surface area (Å²) in [6.07, 6.45) is -2.12. The van der Waals surface area contributed by atoms with Crippen LogP contribution in [0.4, 0.5) is 13.2 Å². The highest BCUT2D eigenvalue weighted by molar-refractivity contribution is 5.74. The molecule has 0 aromatic heterocycles. The van der Waals surface area contributed by atoms with Gasteiger partial charge in [-0.1, -0.05) is 12.1 Å². The smallest absolute Gasteiger partial charge is 0.416 e. The van der Waals surface area contributed by atoms with Gasteiger partial charge in [-0.25, -0.2) is 0 Å². The molecule has 1 unspecified atom stereocenters. The van der Waals surface area contributed by atoms with Gasteiger partial charge in [-0.3, -0.25) is 4.79 Å². The second-order valence-electron chi connectivity index (χ2n) is 5.63. The molecule has 3 aliphatic rings. The van der Waals surface area contributed by atoms with E-state index in [2.05, 4.69) is 0 Å². The molecule has 0 spiro atoms. The maximum atomic E-state index is 12.5. The molecule has 3 aliphatic carbocycles. The summed E-state index contributed by atoms with van der Waals surface area (Å²) in [6, 6.07) is 4.99. The Bertz CT molecular complexity index is 512. The molecular formula is C14H13F3O2. The fourth-order valence-electron chi connectivity index (χ4n) is 3.75. The highest BCUT2D eigenvalue weighted by Crippen LogP contribution is 2.63. The number of rotatable bonds is 2. The zero-order valence-corrected chi connectivity index (χ0v) is 10.1. The largest absolute Gasteiger partial charge is 0.481 e. The van der Waals surface area contributed by atoms with Crippen LogP contribution in [0.1, 0.15) is 30.4 Å². The summed E-state index contributed by atoms with van der Waals surface area (Å²) in [6.45, 7) is 0. The minimum Gasteiger partial charge on any atom is -0.481 e. The van der Waals surface area contributed by atoms with Crippen LogP contribution in [0, 0.1) is 11.8 Å². The van der Waals surface area contributed by atoms with Gasteiger partial charge in [0.2, 0.25) is 0 Å². The summed E-state index contributed by atoms with van der Waals surface area (Å²) in [5.41, 5.74) is -0.379. The van der Waals surface area contributed by atoms with Crippen molar-refractivity contribution < 1.29 is 23.1 Å². The van der Waals surface area contributed by atoms with Crippen molar-refractivity contribution in [3.63, 3.8) is 0 Å². The lowest BCUT2D eigenvalue weighted by Crippen LogP contribution is -2.39. The maximum Gasteiger partial charge on any atom is 0.416 e. The molecule has 5 heteroatoms. The molecule has 2 nitrogen and oxygen atoms in total. The van der Waals surface area contributed by atoms with Crippen molar-refractivity contribution in [3.05, 3.63) is 35.4 Å². The van der Waals surface area contributed by atoms with Gasteiger partial charge in [-0.05, 0) is 42.9 Å². The van der Waals surface area contributed by atoms with E-state index in [9.17, 15) is 23.1 Å². The fourth-order valence-corrected chi connectivity index (χ4v) is 3.75. The number of carbonyl (C=O) groups is 1. The van der Waals surface area contributed by atoms with Crippen molar-refractivity contribution in [2.45, 2.75) is 30.9 Å². The number of carboxylic acid groups (broad SMARTS) is 1.